The van der Waals surface area contributed by atoms with Gasteiger partial charge >= 0.3 is 0 Å². The maximum absolute atomic E-state index is 13.5. The van der Waals surface area contributed by atoms with Crippen LogP contribution >= 0.6 is 11.6 Å². The summed E-state index contributed by atoms with van der Waals surface area (Å²) in [6.07, 6.45) is 3.54. The molecule has 2 aromatic carbocycles. The van der Waals surface area contributed by atoms with Crippen LogP contribution in [-0.2, 0) is 4.79 Å². The van der Waals surface area contributed by atoms with Gasteiger partial charge in [0, 0.05) is 35.9 Å². The van der Waals surface area contributed by atoms with Gasteiger partial charge in [0.25, 0.3) is 5.91 Å². The molecule has 0 saturated carbocycles. The van der Waals surface area contributed by atoms with E-state index in [0.717, 1.165) is 11.1 Å². The summed E-state index contributed by atoms with van der Waals surface area (Å²) in [6.45, 7) is 5.83. The number of amides is 1. The van der Waals surface area contributed by atoms with Crippen LogP contribution in [0.15, 0.2) is 73.1 Å². The quantitative estimate of drug-likeness (QED) is 0.486. The molecule has 0 aliphatic rings. The maximum atomic E-state index is 13.5. The number of carbonyl (C=O) groups excluding carboxylic acids is 1. The Bertz CT molecular complexity index is 1010. The van der Waals surface area contributed by atoms with E-state index in [-0.39, 0.29) is 17.7 Å². The molecule has 0 bridgehead atoms. The number of benzene rings is 2. The van der Waals surface area contributed by atoms with Crippen LogP contribution in [0, 0.1) is 5.82 Å². The van der Waals surface area contributed by atoms with Crippen LogP contribution in [-0.4, -0.2) is 23.0 Å². The lowest BCUT2D eigenvalue weighted by Crippen LogP contribution is -2.47. The Morgan fingerprint density at radius 2 is 1.87 bits per heavy atom. The van der Waals surface area contributed by atoms with Gasteiger partial charge in [-0.3, -0.25) is 9.78 Å². The van der Waals surface area contributed by atoms with E-state index in [2.05, 4.69) is 17.2 Å². The van der Waals surface area contributed by atoms with Gasteiger partial charge in [-0.2, -0.15) is 0 Å². The predicted octanol–water partition coefficient (Wildman–Crippen LogP) is 5.74. The summed E-state index contributed by atoms with van der Waals surface area (Å²) in [5, 5.41) is 3.69. The SMILES string of the molecule is CC(c1ccc(Cl)cc1)C(CNC(=O)C(C)(C)Oc1cccc(F)c1)c1cccnc1. The summed E-state index contributed by atoms with van der Waals surface area (Å²) in [5.74, 6) is -0.299. The summed E-state index contributed by atoms with van der Waals surface area (Å²) in [6, 6.07) is 17.4. The van der Waals surface area contributed by atoms with Crippen molar-refractivity contribution in [2.24, 2.45) is 0 Å². The minimum Gasteiger partial charge on any atom is -0.478 e. The van der Waals surface area contributed by atoms with E-state index >= 15 is 0 Å². The highest BCUT2D eigenvalue weighted by atomic mass is 35.5. The summed E-state index contributed by atoms with van der Waals surface area (Å²) >= 11 is 6.04. The summed E-state index contributed by atoms with van der Waals surface area (Å²) < 4.78 is 19.2. The van der Waals surface area contributed by atoms with Gasteiger partial charge in [-0.1, -0.05) is 42.8 Å². The molecular formula is C25H26ClFN2O2. The van der Waals surface area contributed by atoms with Crippen molar-refractivity contribution in [3.8, 4) is 5.75 Å². The van der Waals surface area contributed by atoms with Gasteiger partial charge in [0.15, 0.2) is 5.60 Å². The summed E-state index contributed by atoms with van der Waals surface area (Å²) in [7, 11) is 0. The van der Waals surface area contributed by atoms with Gasteiger partial charge in [0.05, 0.1) is 0 Å². The van der Waals surface area contributed by atoms with Gasteiger partial charge in [0.2, 0.25) is 0 Å². The largest absolute Gasteiger partial charge is 0.478 e. The Hall–Kier alpha value is -2.92. The zero-order valence-electron chi connectivity index (χ0n) is 17.8. The van der Waals surface area contributed by atoms with Crippen LogP contribution in [0.25, 0.3) is 0 Å². The molecule has 1 aromatic heterocycles. The van der Waals surface area contributed by atoms with E-state index in [1.807, 2.05) is 42.6 Å². The van der Waals surface area contributed by atoms with Gasteiger partial charge < -0.3 is 10.1 Å². The Kier molecular flexibility index (Phi) is 7.29. The van der Waals surface area contributed by atoms with Crippen molar-refractivity contribution < 1.29 is 13.9 Å². The number of hydrogen-bond donors (Lipinski definition) is 1. The highest BCUT2D eigenvalue weighted by Gasteiger charge is 2.31. The smallest absolute Gasteiger partial charge is 0.263 e. The van der Waals surface area contributed by atoms with Crippen molar-refractivity contribution in [1.82, 2.24) is 10.3 Å². The molecule has 3 aromatic rings. The number of aromatic nitrogens is 1. The molecular weight excluding hydrogens is 415 g/mol. The fourth-order valence-electron chi connectivity index (χ4n) is 3.46. The molecule has 0 aliphatic carbocycles. The molecule has 2 atom stereocenters. The van der Waals surface area contributed by atoms with E-state index in [9.17, 15) is 9.18 Å². The second kappa shape index (κ2) is 9.92. The Morgan fingerprint density at radius 3 is 2.52 bits per heavy atom. The van der Waals surface area contributed by atoms with Crippen molar-refractivity contribution in [1.29, 1.82) is 0 Å². The van der Waals surface area contributed by atoms with Crippen molar-refractivity contribution in [3.63, 3.8) is 0 Å². The topological polar surface area (TPSA) is 51.2 Å². The van der Waals surface area contributed by atoms with Crippen molar-refractivity contribution in [2.45, 2.75) is 38.2 Å². The number of halogens is 2. The third-order valence-corrected chi connectivity index (χ3v) is 5.56. The van der Waals surface area contributed by atoms with Crippen LogP contribution in [0.5, 0.6) is 5.75 Å². The summed E-state index contributed by atoms with van der Waals surface area (Å²) in [4.78, 5) is 17.2. The third-order valence-electron chi connectivity index (χ3n) is 5.31. The lowest BCUT2D eigenvalue weighted by molar-refractivity contribution is -0.134. The van der Waals surface area contributed by atoms with E-state index in [4.69, 9.17) is 16.3 Å². The minimum absolute atomic E-state index is 0.0104. The van der Waals surface area contributed by atoms with Crippen molar-refractivity contribution >= 4 is 17.5 Å². The number of carbonyl (C=O) groups is 1. The fraction of sp³-hybridized carbons (Fsp3) is 0.280. The van der Waals surface area contributed by atoms with Crippen LogP contribution in [0.4, 0.5) is 4.39 Å². The van der Waals surface area contributed by atoms with Gasteiger partial charge in [0.1, 0.15) is 11.6 Å². The van der Waals surface area contributed by atoms with Gasteiger partial charge in [-0.15, -0.1) is 0 Å². The number of ether oxygens (including phenoxy) is 1. The molecule has 162 valence electrons. The third kappa shape index (κ3) is 6.05. The zero-order valence-corrected chi connectivity index (χ0v) is 18.6. The number of hydrogen-bond acceptors (Lipinski definition) is 3. The molecule has 6 heteroatoms. The van der Waals surface area contributed by atoms with Gasteiger partial charge in [-0.25, -0.2) is 4.39 Å². The second-order valence-electron chi connectivity index (χ2n) is 8.01. The Morgan fingerprint density at radius 1 is 1.13 bits per heavy atom. The molecule has 0 spiro atoms. The predicted molar refractivity (Wildman–Crippen MR) is 121 cm³/mol. The van der Waals surface area contributed by atoms with E-state index < -0.39 is 11.4 Å². The second-order valence-corrected chi connectivity index (χ2v) is 8.45. The molecule has 1 heterocycles. The monoisotopic (exact) mass is 440 g/mol. The first-order valence-corrected chi connectivity index (χ1v) is 10.5. The molecule has 0 radical (unpaired) electrons. The maximum Gasteiger partial charge on any atom is 0.263 e. The molecule has 1 amide bonds. The average Bonchev–Trinajstić information content (AvgIpc) is 2.74. The van der Waals surface area contributed by atoms with E-state index in [1.165, 1.54) is 12.1 Å². The van der Waals surface area contributed by atoms with Crippen molar-refractivity contribution in [3.05, 3.63) is 95.0 Å². The highest BCUT2D eigenvalue weighted by Crippen LogP contribution is 2.32. The molecule has 3 rings (SSSR count). The first-order chi connectivity index (χ1) is 14.8. The van der Waals surface area contributed by atoms with Gasteiger partial charge in [-0.05, 0) is 61.2 Å². The molecule has 0 fully saturated rings. The molecule has 0 aliphatic heterocycles. The molecule has 31 heavy (non-hydrogen) atoms. The number of nitrogens with one attached hydrogen (secondary N) is 1. The molecule has 4 nitrogen and oxygen atoms in total. The summed E-state index contributed by atoms with van der Waals surface area (Å²) in [5.41, 5.74) is 0.966. The Balaban J connectivity index is 1.75. The minimum atomic E-state index is -1.17. The standard InChI is InChI=1S/C25H26ClFN2O2/c1-17(18-9-11-20(26)12-10-18)23(19-6-5-13-28-15-19)16-29-24(30)25(2,3)31-22-8-4-7-21(27)14-22/h4-15,17,23H,16H2,1-3H3,(H,29,30). The number of rotatable bonds is 8. The van der Waals surface area contributed by atoms with Crippen LogP contribution in [0.1, 0.15) is 43.7 Å². The average molecular weight is 441 g/mol. The lowest BCUT2D eigenvalue weighted by Gasteiger charge is -2.29. The Labute approximate surface area is 187 Å². The fourth-order valence-corrected chi connectivity index (χ4v) is 3.59. The highest BCUT2D eigenvalue weighted by molar-refractivity contribution is 6.30. The first-order valence-electron chi connectivity index (χ1n) is 10.1. The normalized spacial score (nSPS) is 13.3. The molecule has 1 N–H and O–H groups in total. The molecule has 2 unspecified atom stereocenters. The van der Waals surface area contributed by atoms with Crippen LogP contribution in [0.2, 0.25) is 5.02 Å². The van der Waals surface area contributed by atoms with E-state index in [0.29, 0.717) is 17.3 Å². The first kappa shape index (κ1) is 22.8. The molecule has 0 saturated heterocycles. The van der Waals surface area contributed by atoms with Crippen molar-refractivity contribution in [2.75, 3.05) is 6.54 Å². The van der Waals surface area contributed by atoms with E-state index in [1.54, 1.807) is 32.2 Å². The lowest BCUT2D eigenvalue weighted by atomic mass is 9.83. The number of pyridine rings is 1. The van der Waals surface area contributed by atoms with Crippen LogP contribution in [0.3, 0.4) is 0 Å². The van der Waals surface area contributed by atoms with Crippen LogP contribution < -0.4 is 10.1 Å². The number of nitrogens with zero attached hydrogens (tertiary/aromatic N) is 1. The zero-order chi connectivity index (χ0) is 22.4.